The second-order valence-electron chi connectivity index (χ2n) is 5.11. The standard InChI is InChI=1S/C15H13F6NO2S/c16-14(17,18)8-24-12(23)5-6-25-13(15(19,20)21)10-7-22-11-4-2-1-3-9(10)11/h1-4,7,13,22H,5-6,8H2. The average molecular weight is 385 g/mol. The van der Waals surface area contributed by atoms with Gasteiger partial charge in [0.25, 0.3) is 0 Å². The van der Waals surface area contributed by atoms with Crippen LogP contribution in [0.15, 0.2) is 30.5 Å². The Kier molecular flexibility index (Phi) is 5.91. The van der Waals surface area contributed by atoms with Crippen molar-refractivity contribution >= 4 is 28.6 Å². The van der Waals surface area contributed by atoms with Gasteiger partial charge in [-0.15, -0.1) is 11.8 Å². The van der Waals surface area contributed by atoms with Gasteiger partial charge in [0.2, 0.25) is 0 Å². The number of fused-ring (bicyclic) bond motifs is 1. The van der Waals surface area contributed by atoms with Gasteiger partial charge in [-0.25, -0.2) is 0 Å². The minimum absolute atomic E-state index is 0.0109. The van der Waals surface area contributed by atoms with Gasteiger partial charge < -0.3 is 9.72 Å². The highest BCUT2D eigenvalue weighted by Gasteiger charge is 2.42. The summed E-state index contributed by atoms with van der Waals surface area (Å²) in [5.74, 6) is -1.51. The third-order valence-electron chi connectivity index (χ3n) is 3.19. The first-order chi connectivity index (χ1) is 11.6. The fourth-order valence-corrected chi connectivity index (χ4v) is 3.25. The van der Waals surface area contributed by atoms with Crippen LogP contribution in [0.25, 0.3) is 10.9 Å². The molecule has 1 aromatic carbocycles. The number of thioether (sulfide) groups is 1. The summed E-state index contributed by atoms with van der Waals surface area (Å²) < 4.78 is 79.8. The van der Waals surface area contributed by atoms with E-state index < -0.39 is 36.6 Å². The van der Waals surface area contributed by atoms with Crippen LogP contribution in [0.1, 0.15) is 17.2 Å². The fourth-order valence-electron chi connectivity index (χ4n) is 2.17. The summed E-state index contributed by atoms with van der Waals surface area (Å²) in [5, 5.41) is -1.50. The van der Waals surface area contributed by atoms with Gasteiger partial charge >= 0.3 is 18.3 Å². The highest BCUT2D eigenvalue weighted by atomic mass is 32.2. The number of aromatic nitrogens is 1. The normalized spacial score (nSPS) is 13.8. The number of benzene rings is 1. The smallest absolute Gasteiger partial charge is 0.422 e. The van der Waals surface area contributed by atoms with Gasteiger partial charge in [-0.1, -0.05) is 18.2 Å². The van der Waals surface area contributed by atoms with E-state index in [1.807, 2.05) is 0 Å². The predicted octanol–water partition coefficient (Wildman–Crippen LogP) is 5.00. The third-order valence-corrected chi connectivity index (χ3v) is 4.48. The molecule has 0 aliphatic heterocycles. The number of hydrogen-bond donors (Lipinski definition) is 1. The summed E-state index contributed by atoms with van der Waals surface area (Å²) in [6.45, 7) is -1.75. The molecule has 1 N–H and O–H groups in total. The molecule has 0 amide bonds. The molecule has 138 valence electrons. The Morgan fingerprint density at radius 3 is 2.48 bits per heavy atom. The number of rotatable bonds is 6. The highest BCUT2D eigenvalue weighted by Crippen LogP contribution is 2.45. The van der Waals surface area contributed by atoms with Crippen molar-refractivity contribution in [1.29, 1.82) is 0 Å². The van der Waals surface area contributed by atoms with E-state index in [1.54, 1.807) is 18.2 Å². The van der Waals surface area contributed by atoms with E-state index in [0.717, 1.165) is 0 Å². The number of H-pyrrole nitrogens is 1. The molecule has 0 saturated carbocycles. The molecule has 1 heterocycles. The molecule has 1 unspecified atom stereocenters. The Morgan fingerprint density at radius 1 is 1.16 bits per heavy atom. The van der Waals surface area contributed by atoms with E-state index in [2.05, 4.69) is 9.72 Å². The second-order valence-corrected chi connectivity index (χ2v) is 6.32. The van der Waals surface area contributed by atoms with E-state index >= 15 is 0 Å². The van der Waals surface area contributed by atoms with Crippen LogP contribution in [0, 0.1) is 0 Å². The molecule has 0 spiro atoms. The molecule has 10 heteroatoms. The lowest BCUT2D eigenvalue weighted by Gasteiger charge is -2.19. The molecule has 3 nitrogen and oxygen atoms in total. The minimum Gasteiger partial charge on any atom is -0.456 e. The molecule has 25 heavy (non-hydrogen) atoms. The number of alkyl halides is 6. The number of ether oxygens (including phenoxy) is 1. The summed E-state index contributed by atoms with van der Waals surface area (Å²) in [7, 11) is 0. The highest BCUT2D eigenvalue weighted by molar-refractivity contribution is 7.99. The van der Waals surface area contributed by atoms with Crippen LogP contribution >= 0.6 is 11.8 Å². The van der Waals surface area contributed by atoms with Gasteiger partial charge in [0.1, 0.15) is 5.25 Å². The van der Waals surface area contributed by atoms with Gasteiger partial charge in [-0.3, -0.25) is 4.79 Å². The van der Waals surface area contributed by atoms with Crippen molar-refractivity contribution < 1.29 is 35.9 Å². The molecular formula is C15H13F6NO2S. The lowest BCUT2D eigenvalue weighted by Crippen LogP contribution is -2.21. The molecule has 0 bridgehead atoms. The quantitative estimate of drug-likeness (QED) is 0.562. The molecule has 1 aromatic heterocycles. The summed E-state index contributed by atoms with van der Waals surface area (Å²) in [6, 6.07) is 6.45. The van der Waals surface area contributed by atoms with Gasteiger partial charge in [-0.05, 0) is 11.6 Å². The van der Waals surface area contributed by atoms with E-state index in [1.165, 1.54) is 12.3 Å². The first kappa shape index (κ1) is 19.5. The van der Waals surface area contributed by atoms with Crippen LogP contribution in [0.2, 0.25) is 0 Å². The molecule has 0 radical (unpaired) electrons. The number of hydrogen-bond acceptors (Lipinski definition) is 3. The lowest BCUT2D eigenvalue weighted by molar-refractivity contribution is -0.185. The van der Waals surface area contributed by atoms with Gasteiger partial charge in [0, 0.05) is 22.9 Å². The zero-order valence-electron chi connectivity index (χ0n) is 12.6. The van der Waals surface area contributed by atoms with Gasteiger partial charge in [0.05, 0.1) is 6.42 Å². The molecule has 1 atom stereocenters. The molecule has 0 aliphatic carbocycles. The molecule has 2 rings (SSSR count). The first-order valence-corrected chi connectivity index (χ1v) is 8.09. The van der Waals surface area contributed by atoms with Crippen molar-refractivity contribution in [2.75, 3.05) is 12.4 Å². The topological polar surface area (TPSA) is 42.1 Å². The third kappa shape index (κ3) is 5.58. The van der Waals surface area contributed by atoms with Crippen LogP contribution in [-0.2, 0) is 9.53 Å². The van der Waals surface area contributed by atoms with Crippen LogP contribution in [0.4, 0.5) is 26.3 Å². The Bertz CT molecular complexity index is 725. The Labute approximate surface area is 142 Å². The number of aromatic amines is 1. The Balaban J connectivity index is 2.02. The Morgan fingerprint density at radius 2 is 1.84 bits per heavy atom. The lowest BCUT2D eigenvalue weighted by atomic mass is 10.1. The maximum Gasteiger partial charge on any atom is 0.422 e. The fraction of sp³-hybridized carbons (Fsp3) is 0.400. The first-order valence-electron chi connectivity index (χ1n) is 7.04. The van der Waals surface area contributed by atoms with E-state index in [4.69, 9.17) is 0 Å². The van der Waals surface area contributed by atoms with E-state index in [9.17, 15) is 31.1 Å². The predicted molar refractivity (Wildman–Crippen MR) is 81.2 cm³/mol. The molecular weight excluding hydrogens is 372 g/mol. The summed E-state index contributed by atoms with van der Waals surface area (Å²) in [6.07, 6.45) is -8.54. The number of nitrogens with one attached hydrogen (secondary N) is 1. The van der Waals surface area contributed by atoms with Crippen molar-refractivity contribution in [2.24, 2.45) is 0 Å². The zero-order valence-corrected chi connectivity index (χ0v) is 13.4. The van der Waals surface area contributed by atoms with Crippen LogP contribution in [-0.4, -0.2) is 35.7 Å². The van der Waals surface area contributed by atoms with Crippen molar-refractivity contribution in [3.8, 4) is 0 Å². The SMILES string of the molecule is O=C(CCSC(c1c[nH]c2ccccc12)C(F)(F)F)OCC(F)(F)F. The van der Waals surface area contributed by atoms with Gasteiger partial charge in [0.15, 0.2) is 6.61 Å². The van der Waals surface area contributed by atoms with E-state index in [0.29, 0.717) is 22.7 Å². The van der Waals surface area contributed by atoms with Crippen molar-refractivity contribution in [2.45, 2.75) is 24.0 Å². The number of para-hydroxylation sites is 1. The molecule has 0 fully saturated rings. The summed E-state index contributed by atoms with van der Waals surface area (Å²) in [5.41, 5.74) is 0.550. The molecule has 0 aliphatic rings. The maximum absolute atomic E-state index is 13.3. The van der Waals surface area contributed by atoms with Crippen LogP contribution < -0.4 is 0 Å². The van der Waals surface area contributed by atoms with Gasteiger partial charge in [-0.2, -0.15) is 26.3 Å². The van der Waals surface area contributed by atoms with Crippen molar-refractivity contribution in [3.63, 3.8) is 0 Å². The van der Waals surface area contributed by atoms with Crippen LogP contribution in [0.3, 0.4) is 0 Å². The van der Waals surface area contributed by atoms with E-state index in [-0.39, 0.29) is 11.3 Å². The zero-order chi connectivity index (χ0) is 18.7. The van der Waals surface area contributed by atoms with Crippen LogP contribution in [0.5, 0.6) is 0 Å². The monoisotopic (exact) mass is 385 g/mol. The number of halogens is 6. The summed E-state index contributed by atoms with van der Waals surface area (Å²) >= 11 is 0.436. The minimum atomic E-state index is -4.67. The summed E-state index contributed by atoms with van der Waals surface area (Å²) in [4.78, 5) is 13.9. The molecule has 2 aromatic rings. The second kappa shape index (κ2) is 7.59. The molecule has 0 saturated heterocycles. The maximum atomic E-state index is 13.3. The average Bonchev–Trinajstić information content (AvgIpc) is 2.91. The number of carbonyl (C=O) groups is 1. The number of esters is 1. The number of carbonyl (C=O) groups excluding carboxylic acids is 1. The van der Waals surface area contributed by atoms with Crippen molar-refractivity contribution in [1.82, 2.24) is 4.98 Å². The largest absolute Gasteiger partial charge is 0.456 e. The van der Waals surface area contributed by atoms with Crippen molar-refractivity contribution in [3.05, 3.63) is 36.0 Å². The Hall–Kier alpha value is -1.84.